The van der Waals surface area contributed by atoms with E-state index in [4.69, 9.17) is 0 Å². The predicted octanol–water partition coefficient (Wildman–Crippen LogP) is 2.43. The number of rotatable bonds is 8. The molecule has 0 bridgehead atoms. The van der Waals surface area contributed by atoms with Crippen LogP contribution in [0.1, 0.15) is 47.5 Å². The first-order chi connectivity index (χ1) is 9.12. The maximum absolute atomic E-state index is 3.67. The van der Waals surface area contributed by atoms with Crippen LogP contribution in [-0.2, 0) is 0 Å². The summed E-state index contributed by atoms with van der Waals surface area (Å²) in [4.78, 5) is 5.29. The zero-order valence-electron chi connectivity index (χ0n) is 13.8. The van der Waals surface area contributed by atoms with Crippen molar-refractivity contribution in [2.75, 3.05) is 39.3 Å². The molecule has 114 valence electrons. The average Bonchev–Trinajstić information content (AvgIpc) is 2.46. The molecular formula is C16H35N3. The summed E-state index contributed by atoms with van der Waals surface area (Å²) in [6.07, 6.45) is 2.54. The van der Waals surface area contributed by atoms with Crippen LogP contribution in [-0.4, -0.2) is 61.2 Å². The van der Waals surface area contributed by atoms with E-state index in [1.54, 1.807) is 0 Å². The lowest BCUT2D eigenvalue weighted by atomic mass is 9.98. The van der Waals surface area contributed by atoms with Crippen LogP contribution < -0.4 is 5.32 Å². The van der Waals surface area contributed by atoms with Crippen LogP contribution in [0.15, 0.2) is 0 Å². The van der Waals surface area contributed by atoms with Gasteiger partial charge >= 0.3 is 0 Å². The van der Waals surface area contributed by atoms with Gasteiger partial charge < -0.3 is 5.32 Å². The lowest BCUT2D eigenvalue weighted by molar-refractivity contribution is 0.0886. The van der Waals surface area contributed by atoms with Crippen molar-refractivity contribution in [1.29, 1.82) is 0 Å². The highest BCUT2D eigenvalue weighted by Gasteiger charge is 2.23. The average molecular weight is 269 g/mol. The van der Waals surface area contributed by atoms with E-state index in [9.17, 15) is 0 Å². The highest BCUT2D eigenvalue weighted by molar-refractivity contribution is 4.81. The van der Waals surface area contributed by atoms with E-state index in [1.807, 2.05) is 0 Å². The van der Waals surface area contributed by atoms with Crippen molar-refractivity contribution in [2.45, 2.75) is 59.5 Å². The van der Waals surface area contributed by atoms with Crippen molar-refractivity contribution in [2.24, 2.45) is 5.92 Å². The van der Waals surface area contributed by atoms with E-state index in [1.165, 1.54) is 45.6 Å². The summed E-state index contributed by atoms with van der Waals surface area (Å²) >= 11 is 0. The maximum Gasteiger partial charge on any atom is 0.0220 e. The number of nitrogens with zero attached hydrogens (tertiary/aromatic N) is 2. The summed E-state index contributed by atoms with van der Waals surface area (Å²) in [5, 5.41) is 3.67. The number of likely N-dealkylation sites (N-methyl/N-ethyl adjacent to an activating group) is 1. The van der Waals surface area contributed by atoms with Gasteiger partial charge in [-0.05, 0) is 25.8 Å². The molecular weight excluding hydrogens is 234 g/mol. The quantitative estimate of drug-likeness (QED) is 0.730. The third-order valence-corrected chi connectivity index (χ3v) is 4.87. The van der Waals surface area contributed by atoms with Gasteiger partial charge in [-0.25, -0.2) is 0 Å². The SMILES string of the molecule is CCNC(CN1CCN(C(C)CC)CC1)C(C)CC. The number of hydrogen-bond donors (Lipinski definition) is 1. The van der Waals surface area contributed by atoms with Gasteiger partial charge in [-0.2, -0.15) is 0 Å². The Kier molecular flexibility index (Phi) is 7.96. The fraction of sp³-hybridized carbons (Fsp3) is 1.00. The molecule has 0 amide bonds. The van der Waals surface area contributed by atoms with E-state index in [2.05, 4.69) is 49.7 Å². The Labute approximate surface area is 120 Å². The van der Waals surface area contributed by atoms with E-state index < -0.39 is 0 Å². The molecule has 0 radical (unpaired) electrons. The minimum atomic E-state index is 0.658. The molecule has 1 saturated heterocycles. The van der Waals surface area contributed by atoms with Crippen LogP contribution in [0, 0.1) is 5.92 Å². The second-order valence-corrected chi connectivity index (χ2v) is 6.14. The zero-order chi connectivity index (χ0) is 14.3. The fourth-order valence-corrected chi connectivity index (χ4v) is 2.92. The van der Waals surface area contributed by atoms with Crippen LogP contribution >= 0.6 is 0 Å². The lowest BCUT2D eigenvalue weighted by Gasteiger charge is -2.40. The second kappa shape index (κ2) is 8.93. The number of hydrogen-bond acceptors (Lipinski definition) is 3. The summed E-state index contributed by atoms with van der Waals surface area (Å²) in [6.45, 7) is 18.8. The number of nitrogens with one attached hydrogen (secondary N) is 1. The Morgan fingerprint density at radius 2 is 1.58 bits per heavy atom. The van der Waals surface area contributed by atoms with Gasteiger partial charge in [-0.1, -0.05) is 34.1 Å². The van der Waals surface area contributed by atoms with Gasteiger partial charge in [0.15, 0.2) is 0 Å². The van der Waals surface area contributed by atoms with Gasteiger partial charge in [-0.15, -0.1) is 0 Å². The first-order valence-electron chi connectivity index (χ1n) is 8.32. The van der Waals surface area contributed by atoms with Crippen LogP contribution in [0.4, 0.5) is 0 Å². The second-order valence-electron chi connectivity index (χ2n) is 6.14. The monoisotopic (exact) mass is 269 g/mol. The third-order valence-electron chi connectivity index (χ3n) is 4.87. The standard InChI is InChI=1S/C16H35N3/c1-6-14(4)16(17-8-3)13-18-9-11-19(12-10-18)15(5)7-2/h14-17H,6-13H2,1-5H3. The van der Waals surface area contributed by atoms with E-state index >= 15 is 0 Å². The molecule has 3 unspecified atom stereocenters. The Balaban J connectivity index is 2.37. The molecule has 1 fully saturated rings. The van der Waals surface area contributed by atoms with Gasteiger partial charge in [-0.3, -0.25) is 9.80 Å². The van der Waals surface area contributed by atoms with Crippen molar-refractivity contribution in [1.82, 2.24) is 15.1 Å². The minimum absolute atomic E-state index is 0.658. The molecule has 1 rings (SSSR count). The molecule has 0 saturated carbocycles. The van der Waals surface area contributed by atoms with Crippen LogP contribution in [0.3, 0.4) is 0 Å². The molecule has 1 heterocycles. The summed E-state index contributed by atoms with van der Waals surface area (Å²) in [6, 6.07) is 1.41. The van der Waals surface area contributed by atoms with E-state index in [0.717, 1.165) is 18.5 Å². The molecule has 0 spiro atoms. The molecule has 1 N–H and O–H groups in total. The number of piperazine rings is 1. The molecule has 19 heavy (non-hydrogen) atoms. The van der Waals surface area contributed by atoms with Crippen molar-refractivity contribution in [3.05, 3.63) is 0 Å². The highest BCUT2D eigenvalue weighted by Crippen LogP contribution is 2.13. The molecule has 1 aliphatic rings. The van der Waals surface area contributed by atoms with Gasteiger partial charge in [0.2, 0.25) is 0 Å². The minimum Gasteiger partial charge on any atom is -0.313 e. The van der Waals surface area contributed by atoms with Gasteiger partial charge in [0.05, 0.1) is 0 Å². The van der Waals surface area contributed by atoms with E-state index in [-0.39, 0.29) is 0 Å². The Morgan fingerprint density at radius 1 is 0.947 bits per heavy atom. The fourth-order valence-electron chi connectivity index (χ4n) is 2.92. The lowest BCUT2D eigenvalue weighted by Crippen LogP contribution is -2.53. The normalized spacial score (nSPS) is 23.2. The van der Waals surface area contributed by atoms with Crippen LogP contribution in [0.2, 0.25) is 0 Å². The van der Waals surface area contributed by atoms with Gasteiger partial charge in [0.25, 0.3) is 0 Å². The third kappa shape index (κ3) is 5.41. The van der Waals surface area contributed by atoms with Crippen molar-refractivity contribution in [3.8, 4) is 0 Å². The van der Waals surface area contributed by atoms with Crippen LogP contribution in [0.25, 0.3) is 0 Å². The Morgan fingerprint density at radius 3 is 2.05 bits per heavy atom. The predicted molar refractivity (Wildman–Crippen MR) is 84.7 cm³/mol. The van der Waals surface area contributed by atoms with Crippen molar-refractivity contribution in [3.63, 3.8) is 0 Å². The summed E-state index contributed by atoms with van der Waals surface area (Å²) < 4.78 is 0. The first kappa shape index (κ1) is 16.9. The molecule has 3 heteroatoms. The van der Waals surface area contributed by atoms with E-state index in [0.29, 0.717) is 6.04 Å². The van der Waals surface area contributed by atoms with Gasteiger partial charge in [0, 0.05) is 44.8 Å². The molecule has 0 aromatic heterocycles. The molecule has 3 nitrogen and oxygen atoms in total. The highest BCUT2D eigenvalue weighted by atomic mass is 15.3. The topological polar surface area (TPSA) is 18.5 Å². The summed E-state index contributed by atoms with van der Waals surface area (Å²) in [5.74, 6) is 0.771. The molecule has 3 atom stereocenters. The smallest absolute Gasteiger partial charge is 0.0220 e. The maximum atomic E-state index is 3.67. The molecule has 0 aromatic carbocycles. The van der Waals surface area contributed by atoms with Gasteiger partial charge in [0.1, 0.15) is 0 Å². The Hall–Kier alpha value is -0.120. The molecule has 1 aliphatic heterocycles. The van der Waals surface area contributed by atoms with Crippen molar-refractivity contribution < 1.29 is 0 Å². The Bertz CT molecular complexity index is 224. The summed E-state index contributed by atoms with van der Waals surface area (Å²) in [5.41, 5.74) is 0. The zero-order valence-corrected chi connectivity index (χ0v) is 13.8. The largest absolute Gasteiger partial charge is 0.313 e. The molecule has 0 aliphatic carbocycles. The molecule has 0 aromatic rings. The summed E-state index contributed by atoms with van der Waals surface area (Å²) in [7, 11) is 0. The van der Waals surface area contributed by atoms with Crippen molar-refractivity contribution >= 4 is 0 Å². The first-order valence-corrected chi connectivity index (χ1v) is 8.32. The van der Waals surface area contributed by atoms with Crippen LogP contribution in [0.5, 0.6) is 0 Å².